The maximum Gasteiger partial charge on any atom is 0.253 e. The topological polar surface area (TPSA) is 29.1 Å². The summed E-state index contributed by atoms with van der Waals surface area (Å²) < 4.78 is 1.83. The fourth-order valence-corrected chi connectivity index (χ4v) is 5.21. The number of halogens is 2. The van der Waals surface area contributed by atoms with E-state index < -0.39 is 0 Å². The summed E-state index contributed by atoms with van der Waals surface area (Å²) in [5.41, 5.74) is 3.39. The minimum atomic E-state index is -0.00775. The van der Waals surface area contributed by atoms with E-state index in [9.17, 15) is 4.79 Å². The van der Waals surface area contributed by atoms with Crippen LogP contribution in [0.5, 0.6) is 0 Å². The second-order valence-corrected chi connectivity index (χ2v) is 8.33. The van der Waals surface area contributed by atoms with E-state index >= 15 is 0 Å². The van der Waals surface area contributed by atoms with E-state index in [4.69, 9.17) is 0 Å². The number of hydrogen-bond donors (Lipinski definition) is 1. The molecule has 2 aromatic rings. The van der Waals surface area contributed by atoms with E-state index in [1.807, 2.05) is 6.07 Å². The molecule has 5 heteroatoms. The summed E-state index contributed by atoms with van der Waals surface area (Å²) in [6.45, 7) is 0. The molecule has 19 heavy (non-hydrogen) atoms. The predicted molar refractivity (Wildman–Crippen MR) is 84.8 cm³/mol. The Kier molecular flexibility index (Phi) is 3.78. The van der Waals surface area contributed by atoms with Crippen molar-refractivity contribution in [2.45, 2.75) is 18.9 Å². The molecule has 0 unspecified atom stereocenters. The Morgan fingerprint density at radius 1 is 1.21 bits per heavy atom. The highest BCUT2D eigenvalue weighted by molar-refractivity contribution is 9.12. The van der Waals surface area contributed by atoms with Crippen LogP contribution >= 0.6 is 43.2 Å². The van der Waals surface area contributed by atoms with Crippen molar-refractivity contribution in [1.29, 1.82) is 0 Å². The molecule has 3 rings (SSSR count). The van der Waals surface area contributed by atoms with Crippen LogP contribution < -0.4 is 5.32 Å². The van der Waals surface area contributed by atoms with Crippen molar-refractivity contribution in [3.63, 3.8) is 0 Å². The Bertz CT molecular complexity index is 613. The van der Waals surface area contributed by atoms with Crippen LogP contribution in [0.1, 0.15) is 21.5 Å². The monoisotopic (exact) mass is 399 g/mol. The van der Waals surface area contributed by atoms with Crippen LogP contribution in [0.2, 0.25) is 0 Å². The Labute approximate surface area is 132 Å². The van der Waals surface area contributed by atoms with E-state index in [0.717, 1.165) is 20.4 Å². The van der Waals surface area contributed by atoms with Crippen molar-refractivity contribution in [3.05, 3.63) is 54.6 Å². The van der Waals surface area contributed by atoms with Gasteiger partial charge in [-0.2, -0.15) is 0 Å². The molecule has 1 aromatic carbocycles. The SMILES string of the molecule is O=C(NC1Cc2ccccc2C1)c1cc(Br)sc1Br. The number of carbonyl (C=O) groups is 1. The minimum Gasteiger partial charge on any atom is -0.349 e. The lowest BCUT2D eigenvalue weighted by molar-refractivity contribution is 0.0938. The first-order chi connectivity index (χ1) is 9.13. The summed E-state index contributed by atoms with van der Waals surface area (Å²) in [5.74, 6) is -0.00775. The number of benzene rings is 1. The molecule has 98 valence electrons. The molecule has 1 N–H and O–H groups in total. The first-order valence-electron chi connectivity index (χ1n) is 5.96. The van der Waals surface area contributed by atoms with Crippen molar-refractivity contribution in [2.75, 3.05) is 0 Å². The molecule has 2 nitrogen and oxygen atoms in total. The number of hydrogen-bond acceptors (Lipinski definition) is 2. The third-order valence-corrected chi connectivity index (χ3v) is 5.63. The lowest BCUT2D eigenvalue weighted by Gasteiger charge is -2.11. The van der Waals surface area contributed by atoms with Crippen LogP contribution in [0.4, 0.5) is 0 Å². The van der Waals surface area contributed by atoms with Crippen molar-refractivity contribution < 1.29 is 4.79 Å². The van der Waals surface area contributed by atoms with E-state index in [1.165, 1.54) is 22.5 Å². The van der Waals surface area contributed by atoms with Gasteiger partial charge in [-0.05, 0) is 61.9 Å². The smallest absolute Gasteiger partial charge is 0.253 e. The Morgan fingerprint density at radius 3 is 2.37 bits per heavy atom. The number of rotatable bonds is 2. The van der Waals surface area contributed by atoms with Gasteiger partial charge in [0.2, 0.25) is 0 Å². The van der Waals surface area contributed by atoms with Gasteiger partial charge in [0, 0.05) is 6.04 Å². The fourth-order valence-electron chi connectivity index (χ4n) is 2.42. The van der Waals surface area contributed by atoms with Gasteiger partial charge >= 0.3 is 0 Å². The maximum atomic E-state index is 12.2. The first kappa shape index (κ1) is 13.3. The average Bonchev–Trinajstić information content (AvgIpc) is 2.91. The molecule has 0 spiro atoms. The lowest BCUT2D eigenvalue weighted by Crippen LogP contribution is -2.35. The minimum absolute atomic E-state index is 0.00775. The van der Waals surface area contributed by atoms with Crippen molar-refractivity contribution in [2.24, 2.45) is 0 Å². The largest absolute Gasteiger partial charge is 0.349 e. The fraction of sp³-hybridized carbons (Fsp3) is 0.214. The zero-order valence-electron chi connectivity index (χ0n) is 9.95. The lowest BCUT2D eigenvalue weighted by atomic mass is 10.1. The Balaban J connectivity index is 1.71. The van der Waals surface area contributed by atoms with Gasteiger partial charge in [-0.15, -0.1) is 11.3 Å². The molecule has 1 aromatic heterocycles. The third-order valence-electron chi connectivity index (χ3n) is 3.29. The Hall–Kier alpha value is -0.650. The highest BCUT2D eigenvalue weighted by Gasteiger charge is 2.24. The van der Waals surface area contributed by atoms with Gasteiger partial charge < -0.3 is 5.32 Å². The van der Waals surface area contributed by atoms with E-state index in [-0.39, 0.29) is 11.9 Å². The number of carbonyl (C=O) groups excluding carboxylic acids is 1. The number of amides is 1. The molecular weight excluding hydrogens is 390 g/mol. The molecule has 0 saturated carbocycles. The van der Waals surface area contributed by atoms with Crippen LogP contribution in [-0.2, 0) is 12.8 Å². The van der Waals surface area contributed by atoms with Gasteiger partial charge in [0.1, 0.15) is 0 Å². The number of thiophene rings is 1. The van der Waals surface area contributed by atoms with Crippen molar-refractivity contribution in [1.82, 2.24) is 5.32 Å². The van der Waals surface area contributed by atoms with Crippen LogP contribution in [0, 0.1) is 0 Å². The van der Waals surface area contributed by atoms with Gasteiger partial charge in [0.25, 0.3) is 5.91 Å². The highest BCUT2D eigenvalue weighted by atomic mass is 79.9. The average molecular weight is 401 g/mol. The Morgan fingerprint density at radius 2 is 1.84 bits per heavy atom. The molecule has 1 heterocycles. The van der Waals surface area contributed by atoms with Crippen molar-refractivity contribution >= 4 is 49.1 Å². The molecule has 0 saturated heterocycles. The first-order valence-corrected chi connectivity index (χ1v) is 8.36. The zero-order chi connectivity index (χ0) is 13.4. The quantitative estimate of drug-likeness (QED) is 0.805. The van der Waals surface area contributed by atoms with Crippen LogP contribution in [0.3, 0.4) is 0 Å². The second kappa shape index (κ2) is 5.38. The molecular formula is C14H11Br2NOS. The number of fused-ring (bicyclic) bond motifs is 1. The van der Waals surface area contributed by atoms with Gasteiger partial charge in [0.15, 0.2) is 0 Å². The van der Waals surface area contributed by atoms with Gasteiger partial charge in [-0.3, -0.25) is 4.79 Å². The molecule has 1 aliphatic carbocycles. The molecule has 1 amide bonds. The van der Waals surface area contributed by atoms with Crippen LogP contribution in [0.25, 0.3) is 0 Å². The van der Waals surface area contributed by atoms with E-state index in [1.54, 1.807) is 0 Å². The molecule has 0 aliphatic heterocycles. The summed E-state index contributed by atoms with van der Waals surface area (Å²) in [6, 6.07) is 10.4. The summed E-state index contributed by atoms with van der Waals surface area (Å²) in [6.07, 6.45) is 1.84. The van der Waals surface area contributed by atoms with Crippen LogP contribution in [0.15, 0.2) is 37.9 Å². The second-order valence-electron chi connectivity index (χ2n) is 4.59. The van der Waals surface area contributed by atoms with Gasteiger partial charge in [-0.25, -0.2) is 0 Å². The molecule has 0 fully saturated rings. The summed E-state index contributed by atoms with van der Waals surface area (Å²) in [5, 5.41) is 3.11. The third kappa shape index (κ3) is 2.78. The summed E-state index contributed by atoms with van der Waals surface area (Å²) in [4.78, 5) is 12.2. The molecule has 0 radical (unpaired) electrons. The van der Waals surface area contributed by atoms with Gasteiger partial charge in [0.05, 0.1) is 13.1 Å². The summed E-state index contributed by atoms with van der Waals surface area (Å²) >= 11 is 8.33. The summed E-state index contributed by atoms with van der Waals surface area (Å²) in [7, 11) is 0. The maximum absolute atomic E-state index is 12.2. The zero-order valence-corrected chi connectivity index (χ0v) is 13.9. The molecule has 0 bridgehead atoms. The van der Waals surface area contributed by atoms with E-state index in [2.05, 4.69) is 61.4 Å². The molecule has 1 aliphatic rings. The standard InChI is InChI=1S/C14H11Br2NOS/c15-12-7-11(13(16)19-12)14(18)17-10-5-8-3-1-2-4-9(8)6-10/h1-4,7,10H,5-6H2,(H,17,18). The molecule has 0 atom stereocenters. The van der Waals surface area contributed by atoms with Crippen molar-refractivity contribution in [3.8, 4) is 0 Å². The predicted octanol–water partition coefficient (Wildman–Crippen LogP) is 4.17. The normalized spacial score (nSPS) is 14.4. The van der Waals surface area contributed by atoms with Crippen LogP contribution in [-0.4, -0.2) is 11.9 Å². The van der Waals surface area contributed by atoms with E-state index in [0.29, 0.717) is 5.56 Å². The highest BCUT2D eigenvalue weighted by Crippen LogP contribution is 2.32. The number of nitrogens with one attached hydrogen (secondary N) is 1. The van der Waals surface area contributed by atoms with Gasteiger partial charge in [-0.1, -0.05) is 24.3 Å².